The van der Waals surface area contributed by atoms with E-state index >= 15 is 0 Å². The van der Waals surface area contributed by atoms with Crippen LogP contribution in [0.25, 0.3) is 0 Å². The molecule has 2 saturated heterocycles. The van der Waals surface area contributed by atoms with Crippen LogP contribution in [-0.2, 0) is 4.79 Å². The van der Waals surface area contributed by atoms with Crippen LogP contribution in [0.2, 0.25) is 0 Å². The lowest BCUT2D eigenvalue weighted by Gasteiger charge is -2.31. The van der Waals surface area contributed by atoms with Crippen LogP contribution in [0.3, 0.4) is 0 Å². The lowest BCUT2D eigenvalue weighted by Crippen LogP contribution is -2.51. The number of amides is 1. The summed E-state index contributed by atoms with van der Waals surface area (Å²) >= 11 is 0. The largest absolute Gasteiger partial charge is 0.369 e. The minimum atomic E-state index is -0.133. The standard InChI is InChI=1S/C8H15N3O/c9-8(12)6-1-3-11-4-2-10-5-7(6)11/h6-7,10H,1-5H2,(H2,9,12). The molecule has 1 amide bonds. The molecule has 0 bridgehead atoms. The molecule has 0 aromatic carbocycles. The van der Waals surface area contributed by atoms with Gasteiger partial charge in [0.25, 0.3) is 0 Å². The molecule has 4 nitrogen and oxygen atoms in total. The summed E-state index contributed by atoms with van der Waals surface area (Å²) in [4.78, 5) is 13.4. The Morgan fingerprint density at radius 3 is 3.08 bits per heavy atom. The number of rotatable bonds is 1. The van der Waals surface area contributed by atoms with Crippen LogP contribution >= 0.6 is 0 Å². The smallest absolute Gasteiger partial charge is 0.222 e. The second-order valence-electron chi connectivity index (χ2n) is 3.60. The Balaban J connectivity index is 2.05. The molecule has 0 spiro atoms. The zero-order chi connectivity index (χ0) is 8.55. The van der Waals surface area contributed by atoms with E-state index in [1.165, 1.54) is 0 Å². The highest BCUT2D eigenvalue weighted by Gasteiger charge is 2.38. The average molecular weight is 169 g/mol. The van der Waals surface area contributed by atoms with Gasteiger partial charge >= 0.3 is 0 Å². The fraction of sp³-hybridized carbons (Fsp3) is 0.875. The summed E-state index contributed by atoms with van der Waals surface area (Å²) in [7, 11) is 0. The van der Waals surface area contributed by atoms with Gasteiger partial charge in [0.1, 0.15) is 0 Å². The normalized spacial score (nSPS) is 36.3. The Bertz CT molecular complexity index is 195. The molecule has 2 aliphatic rings. The Hall–Kier alpha value is -0.610. The number of fused-ring (bicyclic) bond motifs is 1. The lowest BCUT2D eigenvalue weighted by molar-refractivity contribution is -0.122. The number of carbonyl (C=O) groups is 1. The number of hydrogen-bond donors (Lipinski definition) is 2. The van der Waals surface area contributed by atoms with Gasteiger partial charge in [0.2, 0.25) is 5.91 Å². The number of nitrogens with zero attached hydrogens (tertiary/aromatic N) is 1. The average Bonchev–Trinajstić information content (AvgIpc) is 2.47. The highest BCUT2D eigenvalue weighted by atomic mass is 16.1. The molecular formula is C8H15N3O. The maximum absolute atomic E-state index is 11.0. The molecule has 12 heavy (non-hydrogen) atoms. The van der Waals surface area contributed by atoms with Gasteiger partial charge < -0.3 is 11.1 Å². The molecule has 2 aliphatic heterocycles. The fourth-order valence-electron chi connectivity index (χ4n) is 2.27. The van der Waals surface area contributed by atoms with E-state index in [0.717, 1.165) is 32.6 Å². The molecule has 2 fully saturated rings. The predicted molar refractivity (Wildman–Crippen MR) is 45.5 cm³/mol. The van der Waals surface area contributed by atoms with E-state index in [2.05, 4.69) is 10.2 Å². The Kier molecular flexibility index (Phi) is 2.02. The Morgan fingerprint density at radius 1 is 1.50 bits per heavy atom. The van der Waals surface area contributed by atoms with Crippen LogP contribution in [0.1, 0.15) is 6.42 Å². The van der Waals surface area contributed by atoms with Crippen molar-refractivity contribution in [1.82, 2.24) is 10.2 Å². The van der Waals surface area contributed by atoms with Crippen LogP contribution in [0.4, 0.5) is 0 Å². The minimum Gasteiger partial charge on any atom is -0.369 e. The molecule has 0 radical (unpaired) electrons. The third-order valence-corrected chi connectivity index (χ3v) is 2.96. The molecule has 2 unspecified atom stereocenters. The number of primary amides is 1. The summed E-state index contributed by atoms with van der Waals surface area (Å²) in [5, 5.41) is 3.29. The van der Waals surface area contributed by atoms with Crippen molar-refractivity contribution in [2.24, 2.45) is 11.7 Å². The molecule has 0 aromatic heterocycles. The highest BCUT2D eigenvalue weighted by molar-refractivity contribution is 5.77. The van der Waals surface area contributed by atoms with Crippen molar-refractivity contribution in [2.45, 2.75) is 12.5 Å². The first-order valence-electron chi connectivity index (χ1n) is 4.53. The maximum atomic E-state index is 11.0. The minimum absolute atomic E-state index is 0.0813. The van der Waals surface area contributed by atoms with Crippen molar-refractivity contribution in [1.29, 1.82) is 0 Å². The van der Waals surface area contributed by atoms with Crippen molar-refractivity contribution < 1.29 is 4.79 Å². The van der Waals surface area contributed by atoms with E-state index in [4.69, 9.17) is 5.73 Å². The van der Waals surface area contributed by atoms with Crippen LogP contribution in [0.15, 0.2) is 0 Å². The van der Waals surface area contributed by atoms with Gasteiger partial charge in [-0.05, 0) is 13.0 Å². The summed E-state index contributed by atoms with van der Waals surface area (Å²) in [5.41, 5.74) is 5.31. The Morgan fingerprint density at radius 2 is 2.33 bits per heavy atom. The van der Waals surface area contributed by atoms with Gasteiger partial charge in [0.05, 0.1) is 5.92 Å². The number of nitrogens with two attached hydrogens (primary N) is 1. The zero-order valence-corrected chi connectivity index (χ0v) is 7.12. The molecule has 3 N–H and O–H groups in total. The fourth-order valence-corrected chi connectivity index (χ4v) is 2.27. The summed E-state index contributed by atoms with van der Waals surface area (Å²) in [5.74, 6) is -0.0519. The van der Waals surface area contributed by atoms with Gasteiger partial charge in [-0.3, -0.25) is 9.69 Å². The number of nitrogens with one attached hydrogen (secondary N) is 1. The molecule has 2 heterocycles. The van der Waals surface area contributed by atoms with Crippen molar-refractivity contribution in [3.63, 3.8) is 0 Å². The SMILES string of the molecule is NC(=O)C1CCN2CCNCC12. The van der Waals surface area contributed by atoms with Crippen molar-refractivity contribution in [3.8, 4) is 0 Å². The van der Waals surface area contributed by atoms with Gasteiger partial charge in [-0.2, -0.15) is 0 Å². The van der Waals surface area contributed by atoms with E-state index in [-0.39, 0.29) is 11.8 Å². The Labute approximate surface area is 72.1 Å². The van der Waals surface area contributed by atoms with Gasteiger partial charge in [0.15, 0.2) is 0 Å². The van der Waals surface area contributed by atoms with Gasteiger partial charge in [0, 0.05) is 25.7 Å². The molecular weight excluding hydrogens is 154 g/mol. The summed E-state index contributed by atoms with van der Waals surface area (Å²) in [6, 6.07) is 0.372. The second kappa shape index (κ2) is 3.03. The second-order valence-corrected chi connectivity index (χ2v) is 3.60. The summed E-state index contributed by atoms with van der Waals surface area (Å²) in [6.45, 7) is 4.07. The highest BCUT2D eigenvalue weighted by Crippen LogP contribution is 2.24. The molecule has 2 rings (SSSR count). The summed E-state index contributed by atoms with van der Waals surface area (Å²) in [6.07, 6.45) is 0.946. The van der Waals surface area contributed by atoms with Crippen LogP contribution < -0.4 is 11.1 Å². The number of hydrogen-bond acceptors (Lipinski definition) is 3. The van der Waals surface area contributed by atoms with E-state index in [1.807, 2.05) is 0 Å². The van der Waals surface area contributed by atoms with E-state index in [9.17, 15) is 4.79 Å². The quantitative estimate of drug-likeness (QED) is 0.516. The van der Waals surface area contributed by atoms with Crippen LogP contribution in [-0.4, -0.2) is 43.0 Å². The molecule has 0 saturated carbocycles. The molecule has 0 aromatic rings. The van der Waals surface area contributed by atoms with E-state index in [0.29, 0.717) is 6.04 Å². The first kappa shape index (κ1) is 8.01. The first-order chi connectivity index (χ1) is 5.79. The third-order valence-electron chi connectivity index (χ3n) is 2.96. The van der Waals surface area contributed by atoms with Crippen molar-refractivity contribution >= 4 is 5.91 Å². The first-order valence-corrected chi connectivity index (χ1v) is 4.53. The molecule has 0 aliphatic carbocycles. The lowest BCUT2D eigenvalue weighted by atomic mass is 9.99. The van der Waals surface area contributed by atoms with Crippen molar-refractivity contribution in [3.05, 3.63) is 0 Å². The van der Waals surface area contributed by atoms with Gasteiger partial charge in [-0.25, -0.2) is 0 Å². The van der Waals surface area contributed by atoms with Crippen molar-refractivity contribution in [2.75, 3.05) is 26.2 Å². The third kappa shape index (κ3) is 1.21. The molecule has 4 heteroatoms. The monoisotopic (exact) mass is 169 g/mol. The maximum Gasteiger partial charge on any atom is 0.222 e. The van der Waals surface area contributed by atoms with E-state index < -0.39 is 0 Å². The predicted octanol–water partition coefficient (Wildman–Crippen LogP) is -1.23. The van der Waals surface area contributed by atoms with Gasteiger partial charge in [-0.15, -0.1) is 0 Å². The summed E-state index contributed by atoms with van der Waals surface area (Å²) < 4.78 is 0. The molecule has 68 valence electrons. The zero-order valence-electron chi connectivity index (χ0n) is 7.12. The topological polar surface area (TPSA) is 58.4 Å². The van der Waals surface area contributed by atoms with Crippen LogP contribution in [0.5, 0.6) is 0 Å². The van der Waals surface area contributed by atoms with Gasteiger partial charge in [-0.1, -0.05) is 0 Å². The van der Waals surface area contributed by atoms with E-state index in [1.54, 1.807) is 0 Å². The van der Waals surface area contributed by atoms with Crippen LogP contribution in [0, 0.1) is 5.92 Å². The molecule has 2 atom stereocenters. The number of carbonyl (C=O) groups excluding carboxylic acids is 1. The number of piperazine rings is 1.